The summed E-state index contributed by atoms with van der Waals surface area (Å²) in [4.78, 5) is 12.7. The molecule has 0 bridgehead atoms. The highest BCUT2D eigenvalue weighted by Gasteiger charge is 2.36. The van der Waals surface area contributed by atoms with Crippen LogP contribution in [0.1, 0.15) is 55.2 Å². The third kappa shape index (κ3) is 5.97. The fraction of sp³-hybridized carbons (Fsp3) is 0.333. The van der Waals surface area contributed by atoms with Crippen molar-refractivity contribution in [1.82, 2.24) is 9.46 Å². The zero-order valence-electron chi connectivity index (χ0n) is 20.9. The van der Waals surface area contributed by atoms with E-state index < -0.39 is 21.7 Å². The van der Waals surface area contributed by atoms with E-state index >= 15 is 0 Å². The monoisotopic (exact) mass is 529 g/mol. The number of nitrogens with one attached hydrogen (secondary N) is 1. The number of piperidine rings is 1. The first-order chi connectivity index (χ1) is 17.6. The molecule has 0 saturated carbocycles. The van der Waals surface area contributed by atoms with Crippen LogP contribution in [0.2, 0.25) is 0 Å². The molecule has 0 radical (unpaired) electrons. The normalized spacial score (nSPS) is 15.5. The topological polar surface area (TPSA) is 92.5 Å². The van der Waals surface area contributed by atoms with Crippen molar-refractivity contribution in [2.45, 2.75) is 44.4 Å². The second kappa shape index (κ2) is 10.9. The molecule has 0 atom stereocenters. The predicted octanol–water partition coefficient (Wildman–Crippen LogP) is 5.59. The van der Waals surface area contributed by atoms with E-state index in [1.165, 1.54) is 35.0 Å². The molecule has 0 spiro atoms. The van der Waals surface area contributed by atoms with Crippen molar-refractivity contribution in [3.8, 4) is 0 Å². The molecule has 1 aliphatic heterocycles. The minimum atomic E-state index is -3.98. The SMILES string of the molecule is Cc1noc(C=Cc2ccc(F)cc2F)c1S(=O)(=O)N1CCC(C(=O)Nc2ccc(C(C)C)cc2)CC1. The van der Waals surface area contributed by atoms with Crippen molar-refractivity contribution >= 4 is 33.8 Å². The first-order valence-electron chi connectivity index (χ1n) is 12.1. The molecule has 7 nitrogen and oxygen atoms in total. The van der Waals surface area contributed by atoms with Gasteiger partial charge >= 0.3 is 0 Å². The number of aryl methyl sites for hydroxylation is 1. The van der Waals surface area contributed by atoms with Crippen LogP contribution in [0.3, 0.4) is 0 Å². The first-order valence-corrected chi connectivity index (χ1v) is 13.5. The molecule has 196 valence electrons. The summed E-state index contributed by atoms with van der Waals surface area (Å²) in [7, 11) is -3.98. The molecule has 4 rings (SSSR count). The Morgan fingerprint density at radius 1 is 1.11 bits per heavy atom. The minimum Gasteiger partial charge on any atom is -0.355 e. The van der Waals surface area contributed by atoms with Gasteiger partial charge in [-0.15, -0.1) is 0 Å². The van der Waals surface area contributed by atoms with E-state index in [-0.39, 0.29) is 46.8 Å². The number of benzene rings is 2. The second-order valence-corrected chi connectivity index (χ2v) is 11.3. The maximum absolute atomic E-state index is 14.0. The van der Waals surface area contributed by atoms with Gasteiger partial charge in [0, 0.05) is 36.3 Å². The summed E-state index contributed by atoms with van der Waals surface area (Å²) in [6.07, 6.45) is 3.34. The largest absolute Gasteiger partial charge is 0.355 e. The molecule has 3 aromatic rings. The summed E-state index contributed by atoms with van der Waals surface area (Å²) in [6.45, 7) is 6.03. The summed E-state index contributed by atoms with van der Waals surface area (Å²) in [5, 5.41) is 6.71. The molecule has 0 aliphatic carbocycles. The highest BCUT2D eigenvalue weighted by molar-refractivity contribution is 7.89. The van der Waals surface area contributed by atoms with Crippen LogP contribution in [0.25, 0.3) is 12.2 Å². The van der Waals surface area contributed by atoms with E-state index in [0.717, 1.165) is 12.1 Å². The van der Waals surface area contributed by atoms with Gasteiger partial charge in [-0.1, -0.05) is 31.1 Å². The van der Waals surface area contributed by atoms with Crippen LogP contribution < -0.4 is 5.32 Å². The summed E-state index contributed by atoms with van der Waals surface area (Å²) in [6, 6.07) is 10.8. The number of amides is 1. The predicted molar refractivity (Wildman–Crippen MR) is 137 cm³/mol. The molecule has 1 N–H and O–H groups in total. The van der Waals surface area contributed by atoms with E-state index in [1.807, 2.05) is 24.3 Å². The van der Waals surface area contributed by atoms with Crippen LogP contribution >= 0.6 is 0 Å². The number of rotatable bonds is 7. The van der Waals surface area contributed by atoms with Gasteiger partial charge in [-0.25, -0.2) is 17.2 Å². The van der Waals surface area contributed by atoms with Crippen LogP contribution in [-0.4, -0.2) is 36.9 Å². The number of aromatic nitrogens is 1. The third-order valence-corrected chi connectivity index (χ3v) is 8.54. The Labute approximate surface area is 215 Å². The highest BCUT2D eigenvalue weighted by Crippen LogP contribution is 2.30. The van der Waals surface area contributed by atoms with Crippen LogP contribution in [-0.2, 0) is 14.8 Å². The van der Waals surface area contributed by atoms with E-state index in [0.29, 0.717) is 24.4 Å². The van der Waals surface area contributed by atoms with Crippen LogP contribution in [0, 0.1) is 24.5 Å². The van der Waals surface area contributed by atoms with Crippen molar-refractivity contribution in [1.29, 1.82) is 0 Å². The van der Waals surface area contributed by atoms with Crippen molar-refractivity contribution in [3.05, 3.63) is 76.7 Å². The molecule has 1 aromatic heterocycles. The number of nitrogens with zero attached hydrogens (tertiary/aromatic N) is 2. The second-order valence-electron chi connectivity index (χ2n) is 9.40. The Kier molecular flexibility index (Phi) is 7.89. The number of sulfonamides is 1. The number of hydrogen-bond donors (Lipinski definition) is 1. The molecule has 0 unspecified atom stereocenters. The number of halogens is 2. The van der Waals surface area contributed by atoms with Gasteiger partial charge in [0.15, 0.2) is 10.7 Å². The summed E-state index contributed by atoms with van der Waals surface area (Å²) >= 11 is 0. The van der Waals surface area contributed by atoms with E-state index in [9.17, 15) is 22.0 Å². The van der Waals surface area contributed by atoms with Gasteiger partial charge in [0.1, 0.15) is 17.3 Å². The summed E-state index contributed by atoms with van der Waals surface area (Å²) < 4.78 is 60.5. The number of hydrogen-bond acceptors (Lipinski definition) is 5. The van der Waals surface area contributed by atoms with Crippen LogP contribution in [0.4, 0.5) is 14.5 Å². The zero-order valence-corrected chi connectivity index (χ0v) is 21.7. The molecule has 1 amide bonds. The van der Waals surface area contributed by atoms with Crippen molar-refractivity contribution in [3.63, 3.8) is 0 Å². The Hall–Kier alpha value is -3.37. The number of carbonyl (C=O) groups excluding carboxylic acids is 1. The Bertz CT molecular complexity index is 1410. The van der Waals surface area contributed by atoms with Crippen LogP contribution in [0.15, 0.2) is 51.9 Å². The van der Waals surface area contributed by atoms with Gasteiger partial charge in [0.05, 0.1) is 0 Å². The average Bonchev–Trinajstić information content (AvgIpc) is 3.25. The van der Waals surface area contributed by atoms with Crippen molar-refractivity contribution in [2.24, 2.45) is 5.92 Å². The van der Waals surface area contributed by atoms with Gasteiger partial charge in [-0.05, 0) is 67.7 Å². The van der Waals surface area contributed by atoms with Gasteiger partial charge in [-0.3, -0.25) is 4.79 Å². The van der Waals surface area contributed by atoms with Crippen molar-refractivity contribution in [2.75, 3.05) is 18.4 Å². The molecular formula is C27H29F2N3O4S. The Morgan fingerprint density at radius 3 is 2.41 bits per heavy atom. The lowest BCUT2D eigenvalue weighted by Gasteiger charge is -2.30. The quantitative estimate of drug-likeness (QED) is 0.431. The van der Waals surface area contributed by atoms with Crippen LogP contribution in [0.5, 0.6) is 0 Å². The fourth-order valence-corrected chi connectivity index (χ4v) is 6.00. The standard InChI is InChI=1S/C27H29F2N3O4S/c1-17(2)19-5-9-23(10-6-19)30-27(33)21-12-14-32(15-13-21)37(34,35)26-18(3)31-36-25(26)11-7-20-4-8-22(28)16-24(20)29/h4-11,16-17,21H,12-15H2,1-3H3,(H,30,33). The molecule has 1 saturated heterocycles. The third-order valence-electron chi connectivity index (χ3n) is 6.48. The lowest BCUT2D eigenvalue weighted by atomic mass is 9.97. The van der Waals surface area contributed by atoms with Gasteiger partial charge in [0.2, 0.25) is 15.9 Å². The molecule has 10 heteroatoms. The van der Waals surface area contributed by atoms with E-state index in [1.54, 1.807) is 0 Å². The number of anilines is 1. The average molecular weight is 530 g/mol. The first kappa shape index (κ1) is 26.7. The molecule has 2 heterocycles. The maximum Gasteiger partial charge on any atom is 0.248 e. The Morgan fingerprint density at radius 2 is 1.78 bits per heavy atom. The molecule has 1 fully saturated rings. The molecule has 1 aliphatic rings. The molecule has 37 heavy (non-hydrogen) atoms. The maximum atomic E-state index is 14.0. The van der Waals surface area contributed by atoms with Gasteiger partial charge < -0.3 is 9.84 Å². The lowest BCUT2D eigenvalue weighted by Crippen LogP contribution is -2.41. The number of carbonyl (C=O) groups is 1. The highest BCUT2D eigenvalue weighted by atomic mass is 32.2. The molecular weight excluding hydrogens is 500 g/mol. The van der Waals surface area contributed by atoms with Gasteiger partial charge in [0.25, 0.3) is 0 Å². The van der Waals surface area contributed by atoms with E-state index in [4.69, 9.17) is 4.52 Å². The summed E-state index contributed by atoms with van der Waals surface area (Å²) in [5.74, 6) is -1.61. The lowest BCUT2D eigenvalue weighted by molar-refractivity contribution is -0.120. The zero-order chi connectivity index (χ0) is 26.7. The molecule has 2 aromatic carbocycles. The smallest absolute Gasteiger partial charge is 0.248 e. The fourth-order valence-electron chi connectivity index (χ4n) is 4.28. The van der Waals surface area contributed by atoms with Crippen molar-refractivity contribution < 1.29 is 26.5 Å². The summed E-state index contributed by atoms with van der Waals surface area (Å²) in [5.41, 5.74) is 2.13. The van der Waals surface area contributed by atoms with Gasteiger partial charge in [-0.2, -0.15) is 4.31 Å². The Balaban J connectivity index is 1.43. The van der Waals surface area contributed by atoms with E-state index in [2.05, 4.69) is 24.3 Å². The minimum absolute atomic E-state index is 0.0501.